The molecule has 11 heteroatoms. The fraction of sp³-hybridized carbons (Fsp3) is 0.231. The molecule has 0 saturated carbocycles. The molecule has 2 amide bonds. The lowest BCUT2D eigenvalue weighted by Gasteiger charge is -2.25. The molecule has 194 valence electrons. The van der Waals surface area contributed by atoms with E-state index in [1.807, 2.05) is 0 Å². The number of rotatable bonds is 5. The van der Waals surface area contributed by atoms with Gasteiger partial charge in [-0.15, -0.1) is 0 Å². The highest BCUT2D eigenvalue weighted by Gasteiger charge is 2.37. The summed E-state index contributed by atoms with van der Waals surface area (Å²) in [7, 11) is 0. The van der Waals surface area contributed by atoms with E-state index in [4.69, 9.17) is 11.6 Å². The molecule has 0 saturated heterocycles. The second-order valence-electron chi connectivity index (χ2n) is 9.28. The number of anilines is 1. The van der Waals surface area contributed by atoms with Crippen LogP contribution in [0.15, 0.2) is 48.5 Å². The Morgan fingerprint density at radius 2 is 1.73 bits per heavy atom. The second-order valence-corrected chi connectivity index (χ2v) is 9.69. The third-order valence-corrected chi connectivity index (χ3v) is 6.51. The fourth-order valence-corrected chi connectivity index (χ4v) is 4.29. The molecule has 3 aromatic rings. The maximum absolute atomic E-state index is 14.0. The van der Waals surface area contributed by atoms with Gasteiger partial charge in [-0.1, -0.05) is 25.4 Å². The molecular weight excluding hydrogens is 519 g/mol. The molecule has 3 N–H and O–H groups in total. The van der Waals surface area contributed by atoms with Crippen LogP contribution < -0.4 is 10.6 Å². The zero-order valence-corrected chi connectivity index (χ0v) is 20.2. The van der Waals surface area contributed by atoms with Crippen LogP contribution in [0.4, 0.5) is 27.6 Å². The molecular formula is C26H20ClF5N2O3. The number of carbonyl (C=O) groups is 2. The van der Waals surface area contributed by atoms with Crippen molar-refractivity contribution in [3.63, 3.8) is 0 Å². The summed E-state index contributed by atoms with van der Waals surface area (Å²) in [4.78, 5) is 26.0. The minimum atomic E-state index is -4.89. The summed E-state index contributed by atoms with van der Waals surface area (Å²) in [5.74, 6) is -3.54. The van der Waals surface area contributed by atoms with Crippen molar-refractivity contribution in [3.05, 3.63) is 98.6 Å². The van der Waals surface area contributed by atoms with E-state index < -0.39 is 52.2 Å². The molecule has 0 aromatic heterocycles. The quantitative estimate of drug-likeness (QED) is 0.349. The average Bonchev–Trinajstić information content (AvgIpc) is 3.16. The molecule has 1 unspecified atom stereocenters. The van der Waals surface area contributed by atoms with E-state index in [0.29, 0.717) is 17.7 Å². The summed E-state index contributed by atoms with van der Waals surface area (Å²) in [6, 6.07) is 6.91. The van der Waals surface area contributed by atoms with Crippen LogP contribution in [0.1, 0.15) is 62.9 Å². The van der Waals surface area contributed by atoms with Crippen LogP contribution >= 0.6 is 11.6 Å². The molecule has 3 aromatic carbocycles. The van der Waals surface area contributed by atoms with Gasteiger partial charge in [-0.3, -0.25) is 9.59 Å². The summed E-state index contributed by atoms with van der Waals surface area (Å²) in [6.45, 7) is 3.02. The molecule has 4 rings (SSSR count). The monoisotopic (exact) mass is 538 g/mol. The topological polar surface area (TPSA) is 78.4 Å². The van der Waals surface area contributed by atoms with Crippen molar-refractivity contribution >= 4 is 29.1 Å². The zero-order valence-electron chi connectivity index (χ0n) is 19.4. The molecule has 1 aliphatic heterocycles. The van der Waals surface area contributed by atoms with Crippen molar-refractivity contribution in [2.45, 2.75) is 31.5 Å². The highest BCUT2D eigenvalue weighted by atomic mass is 35.5. The Morgan fingerprint density at radius 3 is 2.38 bits per heavy atom. The van der Waals surface area contributed by atoms with Gasteiger partial charge in [-0.25, -0.2) is 8.78 Å². The summed E-state index contributed by atoms with van der Waals surface area (Å²) < 4.78 is 67.5. The summed E-state index contributed by atoms with van der Waals surface area (Å²) in [5, 5.41) is 15.1. The number of carbonyl (C=O) groups excluding carboxylic acids is 2. The molecule has 0 spiro atoms. The molecule has 0 radical (unpaired) electrons. The van der Waals surface area contributed by atoms with Gasteiger partial charge in [0.25, 0.3) is 11.8 Å². The van der Waals surface area contributed by atoms with Crippen LogP contribution in [-0.4, -0.2) is 23.5 Å². The minimum Gasteiger partial charge on any atom is -0.395 e. The van der Waals surface area contributed by atoms with E-state index in [2.05, 4.69) is 10.6 Å². The van der Waals surface area contributed by atoms with Crippen molar-refractivity contribution < 1.29 is 36.6 Å². The van der Waals surface area contributed by atoms with Gasteiger partial charge in [0.05, 0.1) is 18.2 Å². The lowest BCUT2D eigenvalue weighted by atomic mass is 9.82. The molecule has 1 atom stereocenters. The van der Waals surface area contributed by atoms with Crippen molar-refractivity contribution in [3.8, 4) is 0 Å². The van der Waals surface area contributed by atoms with Gasteiger partial charge in [-0.05, 0) is 54.1 Å². The van der Waals surface area contributed by atoms with Crippen LogP contribution in [0.5, 0.6) is 0 Å². The highest BCUT2D eigenvalue weighted by molar-refractivity contribution is 6.31. The van der Waals surface area contributed by atoms with Gasteiger partial charge in [0, 0.05) is 38.4 Å². The van der Waals surface area contributed by atoms with Crippen LogP contribution in [0.3, 0.4) is 0 Å². The van der Waals surface area contributed by atoms with Crippen molar-refractivity contribution in [2.75, 3.05) is 11.9 Å². The van der Waals surface area contributed by atoms with E-state index in [9.17, 15) is 36.6 Å². The Labute approximate surface area is 213 Å². The molecule has 1 aliphatic rings. The first-order valence-corrected chi connectivity index (χ1v) is 11.3. The number of amides is 2. The van der Waals surface area contributed by atoms with Crippen LogP contribution in [-0.2, 0) is 11.6 Å². The largest absolute Gasteiger partial charge is 0.416 e. The van der Waals surface area contributed by atoms with Crippen molar-refractivity contribution in [2.24, 2.45) is 0 Å². The predicted octanol–water partition coefficient (Wildman–Crippen LogP) is 5.99. The van der Waals surface area contributed by atoms with E-state index >= 15 is 0 Å². The Morgan fingerprint density at radius 1 is 1.03 bits per heavy atom. The van der Waals surface area contributed by atoms with Gasteiger partial charge >= 0.3 is 6.18 Å². The number of alkyl halides is 3. The lowest BCUT2D eigenvalue weighted by Crippen LogP contribution is -2.23. The van der Waals surface area contributed by atoms with Gasteiger partial charge < -0.3 is 15.7 Å². The van der Waals surface area contributed by atoms with E-state index in [-0.39, 0.29) is 40.1 Å². The molecule has 0 aliphatic carbocycles. The number of nitrogens with one attached hydrogen (secondary N) is 2. The molecule has 5 nitrogen and oxygen atoms in total. The standard InChI is InChI=1S/C26H20ClF5N2O3/c1-25(2,11-35)13-8-18-21(22(34-24(18)37)17-10-15(28)3-4-19(17)27)20(9-13)33-23(36)12-5-14(26(30,31)32)7-16(29)6-12/h3-10,22,35H,11H2,1-2H3,(H,33,36)(H,34,37). The van der Waals surface area contributed by atoms with Crippen LogP contribution in [0, 0.1) is 11.6 Å². The number of benzene rings is 3. The third-order valence-electron chi connectivity index (χ3n) is 6.17. The third kappa shape index (κ3) is 5.17. The molecule has 1 heterocycles. The predicted molar refractivity (Wildman–Crippen MR) is 127 cm³/mol. The second kappa shape index (κ2) is 9.42. The first kappa shape index (κ1) is 26.6. The maximum atomic E-state index is 14.0. The highest BCUT2D eigenvalue weighted by Crippen LogP contribution is 2.42. The Balaban J connectivity index is 1.88. The molecule has 0 bridgehead atoms. The Hall–Kier alpha value is -3.50. The maximum Gasteiger partial charge on any atom is 0.416 e. The number of aliphatic hydroxyl groups excluding tert-OH is 1. The van der Waals surface area contributed by atoms with Gasteiger partial charge in [0.1, 0.15) is 11.6 Å². The molecule has 37 heavy (non-hydrogen) atoms. The average molecular weight is 539 g/mol. The number of fused-ring (bicyclic) bond motifs is 1. The molecule has 0 fully saturated rings. The first-order valence-electron chi connectivity index (χ1n) is 11.0. The van der Waals surface area contributed by atoms with E-state index in [1.165, 1.54) is 18.2 Å². The van der Waals surface area contributed by atoms with Gasteiger partial charge in [-0.2, -0.15) is 13.2 Å². The van der Waals surface area contributed by atoms with E-state index in [0.717, 1.165) is 12.1 Å². The smallest absolute Gasteiger partial charge is 0.395 e. The Kier molecular flexibility index (Phi) is 6.76. The normalized spacial score (nSPS) is 15.4. The first-order chi connectivity index (χ1) is 17.2. The fourth-order valence-electron chi connectivity index (χ4n) is 4.07. The van der Waals surface area contributed by atoms with Gasteiger partial charge in [0.15, 0.2) is 0 Å². The number of hydrogen-bond donors (Lipinski definition) is 3. The van der Waals surface area contributed by atoms with Gasteiger partial charge in [0.2, 0.25) is 0 Å². The SMILES string of the molecule is CC(C)(CO)c1cc(NC(=O)c2cc(F)cc(C(F)(F)F)c2)c2c(c1)C(=O)NC2c1cc(F)ccc1Cl. The number of aliphatic hydroxyl groups is 1. The van der Waals surface area contributed by atoms with E-state index in [1.54, 1.807) is 13.8 Å². The lowest BCUT2D eigenvalue weighted by molar-refractivity contribution is -0.137. The number of halogens is 6. The van der Waals surface area contributed by atoms with Crippen LogP contribution in [0.2, 0.25) is 5.02 Å². The minimum absolute atomic E-state index is 0.000484. The van der Waals surface area contributed by atoms with Crippen molar-refractivity contribution in [1.29, 1.82) is 0 Å². The summed E-state index contributed by atoms with van der Waals surface area (Å²) in [6.07, 6.45) is -4.89. The van der Waals surface area contributed by atoms with Crippen LogP contribution in [0.25, 0.3) is 0 Å². The summed E-state index contributed by atoms with van der Waals surface area (Å²) >= 11 is 6.26. The summed E-state index contributed by atoms with van der Waals surface area (Å²) in [5.41, 5.74) is -1.94. The number of hydrogen-bond acceptors (Lipinski definition) is 3. The zero-order chi connectivity index (χ0) is 27.3. The van der Waals surface area contributed by atoms with Crippen molar-refractivity contribution in [1.82, 2.24) is 5.32 Å². The Bertz CT molecular complexity index is 1420.